The van der Waals surface area contributed by atoms with E-state index in [9.17, 15) is 4.79 Å². The molecule has 1 N–H and O–H groups in total. The first-order valence-electron chi connectivity index (χ1n) is 4.24. The highest BCUT2D eigenvalue weighted by atomic mass is 32.1. The highest BCUT2D eigenvalue weighted by Crippen LogP contribution is 2.14. The molecule has 0 aliphatic carbocycles. The van der Waals surface area contributed by atoms with Gasteiger partial charge in [0.1, 0.15) is 0 Å². The van der Waals surface area contributed by atoms with Crippen LogP contribution in [0.4, 0.5) is 0 Å². The summed E-state index contributed by atoms with van der Waals surface area (Å²) in [6.45, 7) is 0.901. The SMILES string of the molecule is CN(C)C(=O)C1CC(S)CCN1. The Morgan fingerprint density at radius 3 is 2.75 bits per heavy atom. The predicted octanol–water partition coefficient (Wildman–Crippen LogP) is 0.125. The van der Waals surface area contributed by atoms with E-state index in [1.54, 1.807) is 19.0 Å². The quantitative estimate of drug-likeness (QED) is 0.573. The van der Waals surface area contributed by atoms with Gasteiger partial charge in [-0.3, -0.25) is 4.79 Å². The maximum absolute atomic E-state index is 11.5. The van der Waals surface area contributed by atoms with Crippen LogP contribution in [-0.2, 0) is 4.79 Å². The van der Waals surface area contributed by atoms with Gasteiger partial charge in [0.15, 0.2) is 0 Å². The standard InChI is InChI=1S/C8H16N2OS/c1-10(2)8(11)7-5-6(12)3-4-9-7/h6-7,9,12H,3-5H2,1-2H3. The summed E-state index contributed by atoms with van der Waals surface area (Å²) in [5, 5.41) is 3.57. The van der Waals surface area contributed by atoms with Crippen LogP contribution in [0.2, 0.25) is 0 Å². The monoisotopic (exact) mass is 188 g/mol. The molecular weight excluding hydrogens is 172 g/mol. The van der Waals surface area contributed by atoms with E-state index in [0.29, 0.717) is 5.25 Å². The number of hydrogen-bond donors (Lipinski definition) is 2. The molecule has 12 heavy (non-hydrogen) atoms. The minimum absolute atomic E-state index is 0.0174. The van der Waals surface area contributed by atoms with Crippen LogP contribution < -0.4 is 5.32 Å². The first-order chi connectivity index (χ1) is 5.61. The minimum atomic E-state index is -0.0174. The van der Waals surface area contributed by atoms with Crippen LogP contribution in [-0.4, -0.2) is 42.7 Å². The summed E-state index contributed by atoms with van der Waals surface area (Å²) in [7, 11) is 3.57. The van der Waals surface area contributed by atoms with Gasteiger partial charge in [-0.25, -0.2) is 0 Å². The number of likely N-dealkylation sites (N-methyl/N-ethyl adjacent to an activating group) is 1. The first-order valence-corrected chi connectivity index (χ1v) is 4.75. The molecule has 2 atom stereocenters. The Hall–Kier alpha value is -0.220. The van der Waals surface area contributed by atoms with Crippen LogP contribution in [0.15, 0.2) is 0 Å². The number of carbonyl (C=O) groups is 1. The van der Waals surface area contributed by atoms with Gasteiger partial charge >= 0.3 is 0 Å². The van der Waals surface area contributed by atoms with Gasteiger partial charge in [0, 0.05) is 19.3 Å². The molecule has 0 bridgehead atoms. The fourth-order valence-corrected chi connectivity index (χ4v) is 1.74. The summed E-state index contributed by atoms with van der Waals surface area (Å²) >= 11 is 4.37. The Balaban J connectivity index is 2.46. The van der Waals surface area contributed by atoms with Crippen molar-refractivity contribution < 1.29 is 4.79 Å². The molecule has 0 radical (unpaired) electrons. The summed E-state index contributed by atoms with van der Waals surface area (Å²) in [4.78, 5) is 13.1. The van der Waals surface area contributed by atoms with Gasteiger partial charge in [-0.2, -0.15) is 12.6 Å². The second-order valence-corrected chi connectivity index (χ2v) is 4.15. The largest absolute Gasteiger partial charge is 0.347 e. The Morgan fingerprint density at radius 2 is 2.25 bits per heavy atom. The zero-order chi connectivity index (χ0) is 9.14. The number of piperidine rings is 1. The lowest BCUT2D eigenvalue weighted by Gasteiger charge is -2.28. The molecule has 2 unspecified atom stereocenters. The zero-order valence-electron chi connectivity index (χ0n) is 7.58. The van der Waals surface area contributed by atoms with Crippen LogP contribution in [0.3, 0.4) is 0 Å². The lowest BCUT2D eigenvalue weighted by Crippen LogP contribution is -2.48. The van der Waals surface area contributed by atoms with E-state index < -0.39 is 0 Å². The normalized spacial score (nSPS) is 29.9. The van der Waals surface area contributed by atoms with Crippen molar-refractivity contribution in [2.75, 3.05) is 20.6 Å². The average molecular weight is 188 g/mol. The molecule has 1 aliphatic rings. The number of nitrogens with zero attached hydrogens (tertiary/aromatic N) is 1. The van der Waals surface area contributed by atoms with E-state index >= 15 is 0 Å². The van der Waals surface area contributed by atoms with Crippen LogP contribution in [0, 0.1) is 0 Å². The number of thiol groups is 1. The third-order valence-electron chi connectivity index (χ3n) is 2.11. The number of carbonyl (C=O) groups excluding carboxylic acids is 1. The van der Waals surface area contributed by atoms with E-state index in [-0.39, 0.29) is 11.9 Å². The molecule has 1 saturated heterocycles. The van der Waals surface area contributed by atoms with Crippen molar-refractivity contribution in [3.63, 3.8) is 0 Å². The van der Waals surface area contributed by atoms with Gasteiger partial charge in [-0.05, 0) is 19.4 Å². The van der Waals surface area contributed by atoms with Crippen LogP contribution in [0.5, 0.6) is 0 Å². The number of nitrogens with one attached hydrogen (secondary N) is 1. The summed E-state index contributed by atoms with van der Waals surface area (Å²) in [6, 6.07) is -0.0174. The maximum atomic E-state index is 11.5. The Kier molecular flexibility index (Phi) is 3.40. The molecule has 1 fully saturated rings. The number of hydrogen-bond acceptors (Lipinski definition) is 3. The fourth-order valence-electron chi connectivity index (χ4n) is 1.40. The molecule has 0 aromatic rings. The predicted molar refractivity (Wildman–Crippen MR) is 52.5 cm³/mol. The molecule has 0 saturated carbocycles. The smallest absolute Gasteiger partial charge is 0.239 e. The summed E-state index contributed by atoms with van der Waals surface area (Å²) in [5.41, 5.74) is 0. The van der Waals surface area contributed by atoms with Crippen LogP contribution in [0.25, 0.3) is 0 Å². The second-order valence-electron chi connectivity index (χ2n) is 3.42. The Morgan fingerprint density at radius 1 is 1.58 bits per heavy atom. The van der Waals surface area contributed by atoms with Gasteiger partial charge in [-0.1, -0.05) is 0 Å². The van der Waals surface area contributed by atoms with Crippen molar-refractivity contribution in [3.05, 3.63) is 0 Å². The van der Waals surface area contributed by atoms with Crippen LogP contribution in [0.1, 0.15) is 12.8 Å². The molecule has 4 heteroatoms. The Bertz CT molecular complexity index is 172. The molecule has 1 aliphatic heterocycles. The summed E-state index contributed by atoms with van der Waals surface area (Å²) in [6.07, 6.45) is 1.90. The molecule has 0 spiro atoms. The molecule has 0 aromatic heterocycles. The number of rotatable bonds is 1. The fraction of sp³-hybridized carbons (Fsp3) is 0.875. The Labute approximate surface area is 78.9 Å². The maximum Gasteiger partial charge on any atom is 0.239 e. The third kappa shape index (κ3) is 2.38. The molecule has 0 aromatic carbocycles. The van der Waals surface area contributed by atoms with E-state index in [1.807, 2.05) is 0 Å². The van der Waals surface area contributed by atoms with Crippen molar-refractivity contribution in [3.8, 4) is 0 Å². The average Bonchev–Trinajstić information content (AvgIpc) is 2.03. The van der Waals surface area contributed by atoms with Crippen molar-refractivity contribution in [1.29, 1.82) is 0 Å². The second kappa shape index (κ2) is 4.14. The van der Waals surface area contributed by atoms with Crippen molar-refractivity contribution in [1.82, 2.24) is 10.2 Å². The summed E-state index contributed by atoms with van der Waals surface area (Å²) < 4.78 is 0. The highest BCUT2D eigenvalue weighted by Gasteiger charge is 2.25. The minimum Gasteiger partial charge on any atom is -0.347 e. The van der Waals surface area contributed by atoms with Gasteiger partial charge in [0.05, 0.1) is 6.04 Å². The third-order valence-corrected chi connectivity index (χ3v) is 2.58. The molecule has 1 heterocycles. The lowest BCUT2D eigenvalue weighted by molar-refractivity contribution is -0.131. The first kappa shape index (κ1) is 9.86. The molecule has 1 rings (SSSR count). The highest BCUT2D eigenvalue weighted by molar-refractivity contribution is 7.80. The van der Waals surface area contributed by atoms with E-state index in [0.717, 1.165) is 19.4 Å². The van der Waals surface area contributed by atoms with Gasteiger partial charge in [-0.15, -0.1) is 0 Å². The number of amides is 1. The van der Waals surface area contributed by atoms with E-state index in [2.05, 4.69) is 17.9 Å². The zero-order valence-corrected chi connectivity index (χ0v) is 8.47. The lowest BCUT2D eigenvalue weighted by atomic mass is 10.0. The van der Waals surface area contributed by atoms with E-state index in [1.165, 1.54) is 0 Å². The van der Waals surface area contributed by atoms with Gasteiger partial charge in [0.2, 0.25) is 5.91 Å². The van der Waals surface area contributed by atoms with Crippen molar-refractivity contribution >= 4 is 18.5 Å². The van der Waals surface area contributed by atoms with Gasteiger partial charge in [0.25, 0.3) is 0 Å². The summed E-state index contributed by atoms with van der Waals surface area (Å²) in [5.74, 6) is 0.161. The van der Waals surface area contributed by atoms with Crippen molar-refractivity contribution in [2.45, 2.75) is 24.1 Å². The molecule has 3 nitrogen and oxygen atoms in total. The van der Waals surface area contributed by atoms with Crippen LogP contribution >= 0.6 is 12.6 Å². The molecule has 70 valence electrons. The molecule has 1 amide bonds. The topological polar surface area (TPSA) is 32.3 Å². The van der Waals surface area contributed by atoms with E-state index in [4.69, 9.17) is 0 Å². The van der Waals surface area contributed by atoms with Gasteiger partial charge < -0.3 is 10.2 Å². The molecular formula is C8H16N2OS. The van der Waals surface area contributed by atoms with Crippen molar-refractivity contribution in [2.24, 2.45) is 0 Å².